The van der Waals surface area contributed by atoms with E-state index in [1.165, 1.54) is 0 Å². The van der Waals surface area contributed by atoms with E-state index in [-0.39, 0.29) is 12.8 Å². The summed E-state index contributed by atoms with van der Waals surface area (Å²) in [6.45, 7) is -1.89. The number of alkyl halides is 6. The van der Waals surface area contributed by atoms with E-state index < -0.39 is 38.1 Å². The van der Waals surface area contributed by atoms with Crippen LogP contribution in [0.1, 0.15) is 32.1 Å². The first-order chi connectivity index (χ1) is 8.52. The molecule has 0 aliphatic heterocycles. The molecule has 0 aromatic heterocycles. The summed E-state index contributed by atoms with van der Waals surface area (Å²) in [5.74, 6) is 0. The molecule has 1 saturated carbocycles. The van der Waals surface area contributed by atoms with Gasteiger partial charge in [0.1, 0.15) is 12.8 Å². The Labute approximate surface area is 107 Å². The van der Waals surface area contributed by atoms with Gasteiger partial charge in [-0.2, -0.15) is 26.3 Å². The maximum absolute atomic E-state index is 12.4. The predicted molar refractivity (Wildman–Crippen MR) is 57.4 cm³/mol. The summed E-state index contributed by atoms with van der Waals surface area (Å²) in [7, 11) is -4.36. The molecule has 1 aliphatic carbocycles. The van der Waals surface area contributed by atoms with Gasteiger partial charge >= 0.3 is 12.4 Å². The second kappa shape index (κ2) is 6.04. The van der Waals surface area contributed by atoms with Crippen molar-refractivity contribution < 1.29 is 35.4 Å². The van der Waals surface area contributed by atoms with Crippen LogP contribution in [0.4, 0.5) is 26.3 Å². The van der Waals surface area contributed by atoms with Gasteiger partial charge in [-0.3, -0.25) is 4.57 Å². The van der Waals surface area contributed by atoms with E-state index in [9.17, 15) is 30.9 Å². The summed E-state index contributed by atoms with van der Waals surface area (Å²) in [5, 5.41) is 0. The Bertz CT molecular complexity index is 332. The van der Waals surface area contributed by atoms with Gasteiger partial charge < -0.3 is 4.52 Å². The van der Waals surface area contributed by atoms with Gasteiger partial charge in [0.2, 0.25) is 7.37 Å². The molecule has 0 N–H and O–H groups in total. The van der Waals surface area contributed by atoms with E-state index in [0.717, 1.165) is 6.42 Å². The molecule has 9 heteroatoms. The Morgan fingerprint density at radius 1 is 0.947 bits per heavy atom. The molecule has 1 aliphatic rings. The fourth-order valence-corrected chi connectivity index (χ4v) is 4.76. The zero-order valence-corrected chi connectivity index (χ0v) is 11.0. The lowest BCUT2D eigenvalue weighted by Crippen LogP contribution is -2.27. The van der Waals surface area contributed by atoms with Gasteiger partial charge in [-0.15, -0.1) is 0 Å². The molecular formula is C10H15F6O2P. The summed E-state index contributed by atoms with van der Waals surface area (Å²) in [6.07, 6.45) is -8.96. The van der Waals surface area contributed by atoms with Crippen molar-refractivity contribution >= 4 is 7.37 Å². The van der Waals surface area contributed by atoms with Crippen LogP contribution in [-0.4, -0.2) is 30.8 Å². The lowest BCUT2D eigenvalue weighted by molar-refractivity contribution is -0.155. The summed E-state index contributed by atoms with van der Waals surface area (Å²) >= 11 is 0. The third-order valence-electron chi connectivity index (χ3n) is 2.98. The molecule has 1 atom stereocenters. The van der Waals surface area contributed by atoms with Crippen molar-refractivity contribution in [3.05, 3.63) is 0 Å². The highest BCUT2D eigenvalue weighted by Gasteiger charge is 2.46. The summed E-state index contributed by atoms with van der Waals surface area (Å²) < 4.78 is 89.8. The van der Waals surface area contributed by atoms with Gasteiger partial charge in [-0.05, 0) is 12.8 Å². The smallest absolute Gasteiger partial charge is 0.318 e. The average molecular weight is 312 g/mol. The Morgan fingerprint density at radius 2 is 1.47 bits per heavy atom. The van der Waals surface area contributed by atoms with Crippen molar-refractivity contribution in [3.8, 4) is 0 Å². The van der Waals surface area contributed by atoms with Crippen LogP contribution in [0.25, 0.3) is 0 Å². The van der Waals surface area contributed by atoms with Crippen molar-refractivity contribution in [2.24, 2.45) is 0 Å². The van der Waals surface area contributed by atoms with Crippen LogP contribution in [0.15, 0.2) is 0 Å². The lowest BCUT2D eigenvalue weighted by atomic mass is 10.0. The van der Waals surface area contributed by atoms with Crippen molar-refractivity contribution in [3.63, 3.8) is 0 Å². The molecule has 0 amide bonds. The molecule has 1 fully saturated rings. The van der Waals surface area contributed by atoms with Crippen LogP contribution in [0.5, 0.6) is 0 Å². The molecule has 0 bridgehead atoms. The first kappa shape index (κ1) is 16.8. The Morgan fingerprint density at radius 3 is 1.89 bits per heavy atom. The second-order valence-electron chi connectivity index (χ2n) is 4.68. The van der Waals surface area contributed by atoms with E-state index in [1.54, 1.807) is 0 Å². The number of hydrogen-bond acceptors (Lipinski definition) is 2. The van der Waals surface area contributed by atoms with E-state index in [4.69, 9.17) is 0 Å². The van der Waals surface area contributed by atoms with Gasteiger partial charge in [-0.25, -0.2) is 0 Å². The van der Waals surface area contributed by atoms with Crippen LogP contribution in [0.3, 0.4) is 0 Å². The van der Waals surface area contributed by atoms with Gasteiger partial charge in [0.15, 0.2) is 0 Å². The SMILES string of the molecule is O=P(CC(F)(F)F)(OCC(F)(F)F)C1CCCCC1. The summed E-state index contributed by atoms with van der Waals surface area (Å²) in [5.41, 5.74) is -0.912. The quantitative estimate of drug-likeness (QED) is 0.554. The van der Waals surface area contributed by atoms with Gasteiger partial charge in [0.25, 0.3) is 0 Å². The van der Waals surface area contributed by atoms with E-state index in [1.807, 2.05) is 0 Å². The molecule has 0 heterocycles. The maximum atomic E-state index is 12.4. The van der Waals surface area contributed by atoms with Crippen LogP contribution in [0.2, 0.25) is 0 Å². The molecule has 1 unspecified atom stereocenters. The zero-order chi connectivity index (χ0) is 14.7. The molecular weight excluding hydrogens is 297 g/mol. The Kier molecular flexibility index (Phi) is 5.35. The number of rotatable bonds is 4. The van der Waals surface area contributed by atoms with Crippen molar-refractivity contribution in [1.82, 2.24) is 0 Å². The average Bonchev–Trinajstić information content (AvgIpc) is 2.25. The molecule has 0 saturated heterocycles. The topological polar surface area (TPSA) is 26.3 Å². The van der Waals surface area contributed by atoms with Crippen LogP contribution in [0, 0.1) is 0 Å². The zero-order valence-electron chi connectivity index (χ0n) is 10.1. The minimum Gasteiger partial charge on any atom is -0.318 e. The minimum atomic E-state index is -4.79. The number of hydrogen-bond donors (Lipinski definition) is 0. The maximum Gasteiger partial charge on any atom is 0.412 e. The molecule has 0 aromatic carbocycles. The highest BCUT2D eigenvalue weighted by molar-refractivity contribution is 7.59. The standard InChI is InChI=1S/C10H15F6O2P/c11-9(12,13)6-18-19(17,7-10(14,15)16)8-4-2-1-3-5-8/h8H,1-7H2. The highest BCUT2D eigenvalue weighted by atomic mass is 31.2. The third kappa shape index (κ3) is 6.17. The van der Waals surface area contributed by atoms with Crippen LogP contribution in [-0.2, 0) is 9.09 Å². The monoisotopic (exact) mass is 312 g/mol. The molecule has 0 radical (unpaired) electrons. The van der Waals surface area contributed by atoms with Crippen molar-refractivity contribution in [2.45, 2.75) is 50.1 Å². The molecule has 0 spiro atoms. The highest BCUT2D eigenvalue weighted by Crippen LogP contribution is 2.59. The Balaban J connectivity index is 2.79. The van der Waals surface area contributed by atoms with E-state index in [2.05, 4.69) is 4.52 Å². The van der Waals surface area contributed by atoms with E-state index in [0.29, 0.717) is 12.8 Å². The summed E-state index contributed by atoms with van der Waals surface area (Å²) in [6, 6.07) is 0. The van der Waals surface area contributed by atoms with Gasteiger partial charge in [-0.1, -0.05) is 19.3 Å². The van der Waals surface area contributed by atoms with Crippen molar-refractivity contribution in [1.29, 1.82) is 0 Å². The fraction of sp³-hybridized carbons (Fsp3) is 1.00. The summed E-state index contributed by atoms with van der Waals surface area (Å²) in [4.78, 5) is 0. The fourth-order valence-electron chi connectivity index (χ4n) is 2.19. The predicted octanol–water partition coefficient (Wildman–Crippen LogP) is 4.74. The lowest BCUT2D eigenvalue weighted by Gasteiger charge is -2.31. The van der Waals surface area contributed by atoms with Gasteiger partial charge in [0, 0.05) is 5.66 Å². The number of halogens is 6. The molecule has 0 aromatic rings. The molecule has 114 valence electrons. The first-order valence-corrected chi connectivity index (χ1v) is 7.76. The normalized spacial score (nSPS) is 22.2. The molecule has 1 rings (SSSR count). The largest absolute Gasteiger partial charge is 0.412 e. The first-order valence-electron chi connectivity index (χ1n) is 5.89. The van der Waals surface area contributed by atoms with Crippen LogP contribution < -0.4 is 0 Å². The van der Waals surface area contributed by atoms with Gasteiger partial charge in [0.05, 0.1) is 0 Å². The third-order valence-corrected chi connectivity index (χ3v) is 5.97. The van der Waals surface area contributed by atoms with Crippen LogP contribution >= 0.6 is 7.37 Å². The van der Waals surface area contributed by atoms with Crippen molar-refractivity contribution in [2.75, 3.05) is 12.8 Å². The molecule has 2 nitrogen and oxygen atoms in total. The minimum absolute atomic E-state index is 0.227. The van der Waals surface area contributed by atoms with E-state index >= 15 is 0 Å². The molecule has 19 heavy (non-hydrogen) atoms. The second-order valence-corrected chi connectivity index (χ2v) is 7.44. The Hall–Kier alpha value is -0.230.